The van der Waals surface area contributed by atoms with Crippen molar-refractivity contribution in [2.75, 3.05) is 0 Å². The van der Waals surface area contributed by atoms with E-state index in [1.54, 1.807) is 0 Å². The van der Waals surface area contributed by atoms with Gasteiger partial charge < -0.3 is 4.57 Å². The van der Waals surface area contributed by atoms with Crippen molar-refractivity contribution in [1.82, 2.24) is 19.5 Å². The van der Waals surface area contributed by atoms with Crippen molar-refractivity contribution in [2.24, 2.45) is 0 Å². The second kappa shape index (κ2) is 11.7. The Balaban J connectivity index is 1.18. The van der Waals surface area contributed by atoms with Gasteiger partial charge >= 0.3 is 0 Å². The van der Waals surface area contributed by atoms with Crippen LogP contribution < -0.4 is 0 Å². The van der Waals surface area contributed by atoms with E-state index in [-0.39, 0.29) is 5.41 Å². The zero-order chi connectivity index (χ0) is 34.8. The third-order valence-electron chi connectivity index (χ3n) is 10.7. The molecule has 0 fully saturated rings. The maximum absolute atomic E-state index is 5.14. The largest absolute Gasteiger partial charge is 0.309 e. The fourth-order valence-electron chi connectivity index (χ4n) is 8.08. The van der Waals surface area contributed by atoms with Crippen molar-refractivity contribution in [1.29, 1.82) is 0 Å². The zero-order valence-corrected chi connectivity index (χ0v) is 29.0. The number of hydrogen-bond acceptors (Lipinski definition) is 3. The van der Waals surface area contributed by atoms with Gasteiger partial charge in [-0.05, 0) is 46.0 Å². The van der Waals surface area contributed by atoms with Gasteiger partial charge in [-0.1, -0.05) is 166 Å². The second-order valence-corrected chi connectivity index (χ2v) is 14.1. The molecule has 7 aromatic carbocycles. The summed E-state index contributed by atoms with van der Waals surface area (Å²) in [5.74, 6) is 1.93. The molecule has 0 bridgehead atoms. The standard InChI is InChI=1S/C48H34N4/c1-48(2)39-20-11-9-19-38(39)44-40(48)21-13-23-42(44)52-41-22-12-10-18-36(41)37-29-28-35(30-43(37)52)47-50-45(33-16-7-4-8-17-33)49-46(51-47)34-26-24-32(25-27-34)31-14-5-3-6-15-31/h3-30H,1-2H3. The summed E-state index contributed by atoms with van der Waals surface area (Å²) >= 11 is 0. The lowest BCUT2D eigenvalue weighted by atomic mass is 9.82. The molecule has 0 spiro atoms. The molecule has 0 amide bonds. The van der Waals surface area contributed by atoms with E-state index in [0.717, 1.165) is 27.8 Å². The number of para-hydroxylation sites is 1. The van der Waals surface area contributed by atoms with Crippen molar-refractivity contribution < 1.29 is 0 Å². The monoisotopic (exact) mass is 666 g/mol. The van der Waals surface area contributed by atoms with Crippen LogP contribution >= 0.6 is 0 Å². The number of nitrogens with zero attached hydrogens (tertiary/aromatic N) is 4. The Morgan fingerprint density at radius 2 is 0.923 bits per heavy atom. The third-order valence-corrected chi connectivity index (χ3v) is 10.7. The molecule has 0 saturated carbocycles. The molecule has 1 aliphatic rings. The van der Waals surface area contributed by atoms with E-state index >= 15 is 0 Å². The van der Waals surface area contributed by atoms with Crippen LogP contribution in [0.1, 0.15) is 25.0 Å². The SMILES string of the molecule is CC1(C)c2ccccc2-c2c(-n3c4ccccc4c4ccc(-c5nc(-c6ccccc6)nc(-c6ccc(-c7ccccc7)cc6)n5)cc43)cccc21. The molecule has 4 nitrogen and oxygen atoms in total. The minimum atomic E-state index is -0.0970. The molecule has 0 unspecified atom stereocenters. The van der Waals surface area contributed by atoms with E-state index in [2.05, 4.69) is 164 Å². The van der Waals surface area contributed by atoms with E-state index in [9.17, 15) is 0 Å². The van der Waals surface area contributed by atoms with Crippen molar-refractivity contribution in [2.45, 2.75) is 19.3 Å². The fraction of sp³-hybridized carbons (Fsp3) is 0.0625. The smallest absolute Gasteiger partial charge is 0.164 e. The van der Waals surface area contributed by atoms with E-state index < -0.39 is 0 Å². The van der Waals surface area contributed by atoms with Crippen LogP contribution in [0.5, 0.6) is 0 Å². The van der Waals surface area contributed by atoms with Crippen LogP contribution in [0.15, 0.2) is 170 Å². The number of hydrogen-bond donors (Lipinski definition) is 0. The van der Waals surface area contributed by atoms with E-state index in [1.807, 2.05) is 24.3 Å². The minimum Gasteiger partial charge on any atom is -0.309 e. The molecule has 9 aromatic rings. The number of aromatic nitrogens is 4. The van der Waals surface area contributed by atoms with Gasteiger partial charge in [-0.2, -0.15) is 0 Å². The predicted molar refractivity (Wildman–Crippen MR) is 213 cm³/mol. The van der Waals surface area contributed by atoms with Gasteiger partial charge in [-0.15, -0.1) is 0 Å². The predicted octanol–water partition coefficient (Wildman–Crippen LogP) is 11.9. The van der Waals surface area contributed by atoms with Gasteiger partial charge in [0.05, 0.1) is 16.7 Å². The fourth-order valence-corrected chi connectivity index (χ4v) is 8.08. The maximum Gasteiger partial charge on any atom is 0.164 e. The van der Waals surface area contributed by atoms with E-state index in [0.29, 0.717) is 17.5 Å². The van der Waals surface area contributed by atoms with Gasteiger partial charge in [0.1, 0.15) is 0 Å². The van der Waals surface area contributed by atoms with Gasteiger partial charge in [0.2, 0.25) is 0 Å². The van der Waals surface area contributed by atoms with Crippen molar-refractivity contribution in [3.63, 3.8) is 0 Å². The maximum atomic E-state index is 5.14. The average Bonchev–Trinajstić information content (AvgIpc) is 3.66. The molecule has 0 atom stereocenters. The highest BCUT2D eigenvalue weighted by Gasteiger charge is 2.37. The van der Waals surface area contributed by atoms with Crippen molar-refractivity contribution >= 4 is 21.8 Å². The highest BCUT2D eigenvalue weighted by Crippen LogP contribution is 2.51. The van der Waals surface area contributed by atoms with Gasteiger partial charge in [0.15, 0.2) is 17.5 Å². The quantitative estimate of drug-likeness (QED) is 0.184. The molecule has 0 radical (unpaired) electrons. The van der Waals surface area contributed by atoms with Crippen LogP contribution in [0, 0.1) is 0 Å². The van der Waals surface area contributed by atoms with Crippen LogP contribution in [0.4, 0.5) is 0 Å². The van der Waals surface area contributed by atoms with Crippen LogP contribution in [-0.2, 0) is 5.41 Å². The molecular weight excluding hydrogens is 633 g/mol. The van der Waals surface area contributed by atoms with Crippen LogP contribution in [-0.4, -0.2) is 19.5 Å². The summed E-state index contributed by atoms with van der Waals surface area (Å²) in [5.41, 5.74) is 13.8. The van der Waals surface area contributed by atoms with Gasteiger partial charge in [-0.3, -0.25) is 0 Å². The molecule has 4 heteroatoms. The Bertz CT molecular complexity index is 2800. The molecule has 2 heterocycles. The summed E-state index contributed by atoms with van der Waals surface area (Å²) < 4.78 is 2.44. The van der Waals surface area contributed by atoms with Gasteiger partial charge in [0.25, 0.3) is 0 Å². The molecule has 0 N–H and O–H groups in total. The van der Waals surface area contributed by atoms with Gasteiger partial charge in [-0.25, -0.2) is 15.0 Å². The summed E-state index contributed by atoms with van der Waals surface area (Å²) in [5, 5.41) is 2.41. The van der Waals surface area contributed by atoms with Crippen LogP contribution in [0.3, 0.4) is 0 Å². The average molecular weight is 667 g/mol. The van der Waals surface area contributed by atoms with Crippen molar-refractivity contribution in [3.05, 3.63) is 181 Å². The molecule has 52 heavy (non-hydrogen) atoms. The normalized spacial score (nSPS) is 13.0. The first-order valence-electron chi connectivity index (χ1n) is 17.8. The number of fused-ring (bicyclic) bond motifs is 6. The zero-order valence-electron chi connectivity index (χ0n) is 29.0. The molecule has 246 valence electrons. The third kappa shape index (κ3) is 4.72. The molecule has 10 rings (SSSR count). The second-order valence-electron chi connectivity index (χ2n) is 14.1. The van der Waals surface area contributed by atoms with E-state index in [4.69, 9.17) is 15.0 Å². The number of benzene rings is 7. The summed E-state index contributed by atoms with van der Waals surface area (Å²) in [7, 11) is 0. The first-order valence-corrected chi connectivity index (χ1v) is 17.8. The number of rotatable bonds is 5. The Labute approximate surface area is 302 Å². The molecule has 0 aliphatic heterocycles. The first-order chi connectivity index (χ1) is 25.5. The molecule has 2 aromatic heterocycles. The minimum absolute atomic E-state index is 0.0970. The lowest BCUT2D eigenvalue weighted by Gasteiger charge is -2.22. The topological polar surface area (TPSA) is 43.6 Å². The lowest BCUT2D eigenvalue weighted by Crippen LogP contribution is -2.14. The Morgan fingerprint density at radius 1 is 0.404 bits per heavy atom. The Kier molecular flexibility index (Phi) is 6.80. The highest BCUT2D eigenvalue weighted by atomic mass is 15.0. The molecule has 0 saturated heterocycles. The first kappa shape index (κ1) is 30.2. The highest BCUT2D eigenvalue weighted by molar-refractivity contribution is 6.11. The summed E-state index contributed by atoms with van der Waals surface area (Å²) in [6.45, 7) is 4.67. The van der Waals surface area contributed by atoms with Crippen LogP contribution in [0.25, 0.3) is 83.9 Å². The van der Waals surface area contributed by atoms with Crippen LogP contribution in [0.2, 0.25) is 0 Å². The Hall–Kier alpha value is -6.65. The van der Waals surface area contributed by atoms with E-state index in [1.165, 1.54) is 49.8 Å². The summed E-state index contributed by atoms with van der Waals surface area (Å²) in [4.78, 5) is 15.3. The Morgan fingerprint density at radius 3 is 1.67 bits per heavy atom. The summed E-state index contributed by atoms with van der Waals surface area (Å²) in [6, 6.07) is 60.1. The van der Waals surface area contributed by atoms with Crippen molar-refractivity contribution in [3.8, 4) is 62.1 Å². The lowest BCUT2D eigenvalue weighted by molar-refractivity contribution is 0.660. The van der Waals surface area contributed by atoms with Gasteiger partial charge in [0, 0.05) is 38.4 Å². The summed E-state index contributed by atoms with van der Waals surface area (Å²) in [6.07, 6.45) is 0. The molecular formula is C48H34N4. The molecule has 1 aliphatic carbocycles.